The quantitative estimate of drug-likeness (QED) is 0.525. The second-order valence-electron chi connectivity index (χ2n) is 2.95. The van der Waals surface area contributed by atoms with Gasteiger partial charge in [0.15, 0.2) is 0 Å². The Kier molecular flexibility index (Phi) is 2.06. The monoisotopic (exact) mass is 146 g/mol. The molecule has 0 amide bonds. The average molecular weight is 146 g/mol. The van der Waals surface area contributed by atoms with Crippen LogP contribution in [0.5, 0.6) is 0 Å². The summed E-state index contributed by atoms with van der Waals surface area (Å²) in [4.78, 5) is 0. The fourth-order valence-corrected chi connectivity index (χ4v) is 5.17. The molecular formula is C8H18P+. The van der Waals surface area contributed by atoms with Crippen LogP contribution in [0.2, 0.25) is 0 Å². The Hall–Kier alpha value is 0.430. The highest BCUT2D eigenvalue weighted by molar-refractivity contribution is 7.76. The van der Waals surface area contributed by atoms with E-state index in [0.717, 1.165) is 0 Å². The van der Waals surface area contributed by atoms with Crippen LogP contribution in [0.15, 0.2) is 0 Å². The van der Waals surface area contributed by atoms with E-state index in [-0.39, 0.29) is 6.14 Å². The van der Waals surface area contributed by atoms with Crippen molar-refractivity contribution in [1.82, 2.24) is 0 Å². The minimum absolute atomic E-state index is 0.264. The molecule has 1 atom stereocenters. The number of rotatable bonds is 2. The number of hydrogen-bond donors (Lipinski definition) is 0. The van der Waals surface area contributed by atoms with Gasteiger partial charge in [-0.05, 0) is 26.7 Å². The van der Waals surface area contributed by atoms with Gasteiger partial charge in [0, 0.05) is 7.26 Å². The van der Waals surface area contributed by atoms with E-state index in [0.29, 0.717) is 0 Å². The van der Waals surface area contributed by atoms with Crippen molar-refractivity contribution in [3.63, 3.8) is 0 Å². The summed E-state index contributed by atoms with van der Waals surface area (Å²) in [5.74, 6) is 0. The molecule has 0 aromatic carbocycles. The molecule has 0 N–H and O–H groups in total. The van der Waals surface area contributed by atoms with Crippen LogP contribution in [-0.2, 0) is 0 Å². The van der Waals surface area contributed by atoms with Crippen molar-refractivity contribution in [1.29, 1.82) is 0 Å². The maximum atomic E-state index is 7.77. The minimum Gasteiger partial charge on any atom is -0.0311 e. The van der Waals surface area contributed by atoms with E-state index in [1.54, 1.807) is 0 Å². The first-order valence-electron chi connectivity index (χ1n) is 4.57. The third-order valence-electron chi connectivity index (χ3n) is 2.63. The Labute approximate surface area is 60.8 Å². The van der Waals surface area contributed by atoms with Gasteiger partial charge in [-0.1, -0.05) is 0 Å². The Morgan fingerprint density at radius 3 is 2.11 bits per heavy atom. The normalized spacial score (nSPS) is 29.8. The SMILES string of the molecule is [2H]C(C)[P+]1(CC)CCCC1. The van der Waals surface area contributed by atoms with Gasteiger partial charge in [-0.15, -0.1) is 0 Å². The molecule has 0 nitrogen and oxygen atoms in total. The molecule has 1 aliphatic heterocycles. The topological polar surface area (TPSA) is 0 Å². The molecule has 0 radical (unpaired) electrons. The zero-order valence-corrected chi connectivity index (χ0v) is 7.45. The zero-order chi connectivity index (χ0) is 7.61. The highest BCUT2D eigenvalue weighted by Gasteiger charge is 2.36. The predicted molar refractivity (Wildman–Crippen MR) is 47.0 cm³/mol. The van der Waals surface area contributed by atoms with Crippen molar-refractivity contribution in [2.24, 2.45) is 0 Å². The lowest BCUT2D eigenvalue weighted by molar-refractivity contribution is 0.949. The van der Waals surface area contributed by atoms with Gasteiger partial charge >= 0.3 is 0 Å². The predicted octanol–water partition coefficient (Wildman–Crippen LogP) is 2.84. The molecule has 0 aromatic rings. The van der Waals surface area contributed by atoms with Crippen LogP contribution < -0.4 is 0 Å². The van der Waals surface area contributed by atoms with Crippen LogP contribution in [0, 0.1) is 0 Å². The molecule has 1 fully saturated rings. The molecule has 1 rings (SSSR count). The van der Waals surface area contributed by atoms with Gasteiger partial charge in [-0.3, -0.25) is 0 Å². The lowest BCUT2D eigenvalue weighted by Crippen LogP contribution is -2.00. The molecule has 0 aromatic heterocycles. The molecule has 1 aliphatic rings. The lowest BCUT2D eigenvalue weighted by atomic mass is 10.4. The first kappa shape index (κ1) is 6.16. The molecule has 1 heteroatoms. The summed E-state index contributed by atoms with van der Waals surface area (Å²) in [6.45, 7) is 4.38. The molecule has 1 saturated heterocycles. The Balaban J connectivity index is 2.58. The fourth-order valence-electron chi connectivity index (χ4n) is 1.72. The Morgan fingerprint density at radius 2 is 1.89 bits per heavy atom. The molecule has 1 unspecified atom stereocenters. The molecule has 0 bridgehead atoms. The summed E-state index contributed by atoms with van der Waals surface area (Å²) in [6, 6.07) is 0. The first-order chi connectivity index (χ1) is 4.71. The van der Waals surface area contributed by atoms with Crippen molar-refractivity contribution in [2.45, 2.75) is 26.7 Å². The van der Waals surface area contributed by atoms with Gasteiger partial charge < -0.3 is 0 Å². The van der Waals surface area contributed by atoms with Crippen LogP contribution in [0.4, 0.5) is 0 Å². The van der Waals surface area contributed by atoms with Crippen molar-refractivity contribution in [2.75, 3.05) is 24.6 Å². The van der Waals surface area contributed by atoms with Crippen LogP contribution in [-0.4, -0.2) is 24.6 Å². The smallest absolute Gasteiger partial charge is 0.0311 e. The van der Waals surface area contributed by atoms with Crippen molar-refractivity contribution in [3.8, 4) is 0 Å². The molecule has 0 saturated carbocycles. The van der Waals surface area contributed by atoms with E-state index in [1.807, 2.05) is 0 Å². The molecule has 0 spiro atoms. The first-order valence-corrected chi connectivity index (χ1v) is 6.41. The highest BCUT2D eigenvalue weighted by atomic mass is 31.2. The van der Waals surface area contributed by atoms with Crippen LogP contribution in [0.1, 0.15) is 28.1 Å². The number of hydrogen-bond acceptors (Lipinski definition) is 0. The molecule has 9 heavy (non-hydrogen) atoms. The zero-order valence-electron chi connectivity index (χ0n) is 7.56. The minimum atomic E-state index is -0.733. The molecule has 54 valence electrons. The van der Waals surface area contributed by atoms with E-state index in [4.69, 9.17) is 1.37 Å². The average Bonchev–Trinajstić information content (AvgIpc) is 2.35. The van der Waals surface area contributed by atoms with Gasteiger partial charge in [-0.2, -0.15) is 0 Å². The van der Waals surface area contributed by atoms with E-state index in [9.17, 15) is 0 Å². The standard InChI is InChI=1S/C8H18P/c1-3-9(4-2)7-5-6-8-9/h3-8H2,1-2H3/q+1/i3D. The van der Waals surface area contributed by atoms with E-state index < -0.39 is 7.26 Å². The van der Waals surface area contributed by atoms with E-state index in [1.165, 1.54) is 31.3 Å². The third kappa shape index (κ3) is 1.46. The van der Waals surface area contributed by atoms with Crippen molar-refractivity contribution in [3.05, 3.63) is 0 Å². The van der Waals surface area contributed by atoms with Crippen molar-refractivity contribution >= 4 is 7.26 Å². The summed E-state index contributed by atoms with van der Waals surface area (Å²) in [6.07, 6.45) is 7.22. The second kappa shape index (κ2) is 3.01. The van der Waals surface area contributed by atoms with Crippen LogP contribution >= 0.6 is 7.26 Å². The van der Waals surface area contributed by atoms with Crippen molar-refractivity contribution < 1.29 is 1.37 Å². The maximum absolute atomic E-state index is 7.77. The maximum Gasteiger partial charge on any atom is 0.0705 e. The Bertz CT molecular complexity index is 106. The van der Waals surface area contributed by atoms with Gasteiger partial charge in [0.25, 0.3) is 0 Å². The third-order valence-corrected chi connectivity index (χ3v) is 7.40. The van der Waals surface area contributed by atoms with Crippen LogP contribution in [0.3, 0.4) is 0 Å². The van der Waals surface area contributed by atoms with Gasteiger partial charge in [0.2, 0.25) is 0 Å². The van der Waals surface area contributed by atoms with Crippen LogP contribution in [0.25, 0.3) is 0 Å². The Morgan fingerprint density at radius 1 is 1.33 bits per heavy atom. The highest BCUT2D eigenvalue weighted by Crippen LogP contribution is 2.62. The van der Waals surface area contributed by atoms with Gasteiger partial charge in [-0.25, -0.2) is 0 Å². The fraction of sp³-hybridized carbons (Fsp3) is 1.00. The summed E-state index contributed by atoms with van der Waals surface area (Å²) in [5, 5.41) is 0. The van der Waals surface area contributed by atoms with Gasteiger partial charge in [0.05, 0.1) is 26.0 Å². The van der Waals surface area contributed by atoms with E-state index >= 15 is 0 Å². The molecular weight excluding hydrogens is 127 g/mol. The summed E-state index contributed by atoms with van der Waals surface area (Å²) in [7, 11) is -0.733. The summed E-state index contributed by atoms with van der Waals surface area (Å²) in [5.41, 5.74) is 0. The summed E-state index contributed by atoms with van der Waals surface area (Å²) >= 11 is 0. The lowest BCUT2D eigenvalue weighted by Gasteiger charge is -2.17. The molecule has 1 heterocycles. The molecule has 0 aliphatic carbocycles. The van der Waals surface area contributed by atoms with E-state index in [2.05, 4.69) is 13.8 Å². The summed E-state index contributed by atoms with van der Waals surface area (Å²) < 4.78 is 7.77. The van der Waals surface area contributed by atoms with Gasteiger partial charge in [0.1, 0.15) is 0 Å². The second-order valence-corrected chi connectivity index (χ2v) is 7.43. The largest absolute Gasteiger partial charge is 0.0705 e.